The minimum atomic E-state index is -3.36. The molecule has 6 heteroatoms. The number of hydrogen-bond acceptors (Lipinski definition) is 5. The second-order valence-electron chi connectivity index (χ2n) is 7.48. The van der Waals surface area contributed by atoms with Crippen LogP contribution in [-0.2, 0) is 9.84 Å². The van der Waals surface area contributed by atoms with E-state index in [1.807, 2.05) is 42.5 Å². The highest BCUT2D eigenvalue weighted by molar-refractivity contribution is 7.94. The molecule has 1 aliphatic heterocycles. The van der Waals surface area contributed by atoms with E-state index in [0.29, 0.717) is 17.1 Å². The van der Waals surface area contributed by atoms with Crippen LogP contribution in [0.15, 0.2) is 72.2 Å². The molecule has 1 aliphatic rings. The van der Waals surface area contributed by atoms with Gasteiger partial charge in [-0.3, -0.25) is 0 Å². The first-order valence-electron chi connectivity index (χ1n) is 10.2. The highest BCUT2D eigenvalue weighted by atomic mass is 32.2. The van der Waals surface area contributed by atoms with Crippen molar-refractivity contribution in [3.8, 4) is 0 Å². The molecule has 2 aromatic rings. The molecular weight excluding hydrogens is 394 g/mol. The monoisotopic (exact) mass is 423 g/mol. The molecule has 0 aliphatic carbocycles. The van der Waals surface area contributed by atoms with Gasteiger partial charge in [-0.25, -0.2) is 13.4 Å². The van der Waals surface area contributed by atoms with Gasteiger partial charge in [-0.1, -0.05) is 30.9 Å². The molecule has 0 radical (unpaired) electrons. The van der Waals surface area contributed by atoms with E-state index in [1.54, 1.807) is 25.2 Å². The van der Waals surface area contributed by atoms with E-state index < -0.39 is 9.84 Å². The van der Waals surface area contributed by atoms with Crippen LogP contribution < -0.4 is 10.2 Å². The van der Waals surface area contributed by atoms with Crippen LogP contribution in [0.4, 0.5) is 17.2 Å². The standard InChI is InChI=1S/C24H29N3O2S/c1-4-11-22(30(3,28)29)16-19(2)23-17-21(27-14-9-6-10-15-27)18-24(26-23)25-20-12-7-5-8-13-20/h4-5,7-8,11-13,16-18H,2,6,9-10,14-15H2,1,3H3,(H,25,26)/b11-4-,22-16+. The fourth-order valence-corrected chi connectivity index (χ4v) is 4.18. The lowest BCUT2D eigenvalue weighted by molar-refractivity contribution is 0.577. The molecule has 1 aromatic carbocycles. The summed E-state index contributed by atoms with van der Waals surface area (Å²) in [4.78, 5) is 7.29. The summed E-state index contributed by atoms with van der Waals surface area (Å²) in [6.45, 7) is 7.91. The number of rotatable bonds is 7. The maximum absolute atomic E-state index is 12.1. The van der Waals surface area contributed by atoms with E-state index in [1.165, 1.54) is 25.5 Å². The second kappa shape index (κ2) is 9.76. The minimum absolute atomic E-state index is 0.220. The van der Waals surface area contributed by atoms with Crippen LogP contribution in [0, 0.1) is 0 Å². The quantitative estimate of drug-likeness (QED) is 0.610. The Bertz CT molecular complexity index is 1050. The van der Waals surface area contributed by atoms with Gasteiger partial charge >= 0.3 is 0 Å². The Kier molecular flexibility index (Phi) is 7.11. The maximum Gasteiger partial charge on any atom is 0.175 e. The average molecular weight is 424 g/mol. The van der Waals surface area contributed by atoms with E-state index in [-0.39, 0.29) is 4.91 Å². The van der Waals surface area contributed by atoms with Crippen LogP contribution >= 0.6 is 0 Å². The molecule has 3 rings (SSSR count). The van der Waals surface area contributed by atoms with E-state index in [9.17, 15) is 8.42 Å². The predicted octanol–water partition coefficient (Wildman–Crippen LogP) is 5.33. The van der Waals surface area contributed by atoms with E-state index in [4.69, 9.17) is 4.98 Å². The van der Waals surface area contributed by atoms with Crippen LogP contribution in [0.1, 0.15) is 31.9 Å². The average Bonchev–Trinajstić information content (AvgIpc) is 2.74. The van der Waals surface area contributed by atoms with E-state index in [0.717, 1.165) is 24.5 Å². The molecule has 2 heterocycles. The number of nitrogens with one attached hydrogen (secondary N) is 1. The molecule has 158 valence electrons. The topological polar surface area (TPSA) is 62.3 Å². The molecule has 5 nitrogen and oxygen atoms in total. The summed E-state index contributed by atoms with van der Waals surface area (Å²) in [7, 11) is -3.36. The number of pyridine rings is 1. The lowest BCUT2D eigenvalue weighted by Gasteiger charge is -2.29. The molecule has 0 atom stereocenters. The van der Waals surface area contributed by atoms with Crippen LogP contribution in [0.5, 0.6) is 0 Å². The van der Waals surface area contributed by atoms with Gasteiger partial charge in [0.2, 0.25) is 0 Å². The smallest absolute Gasteiger partial charge is 0.175 e. The summed E-state index contributed by atoms with van der Waals surface area (Å²) < 4.78 is 24.2. The molecule has 0 bridgehead atoms. The predicted molar refractivity (Wildman–Crippen MR) is 127 cm³/mol. The van der Waals surface area contributed by atoms with Gasteiger partial charge in [-0.15, -0.1) is 0 Å². The van der Waals surface area contributed by atoms with Crippen molar-refractivity contribution in [3.05, 3.63) is 77.9 Å². The van der Waals surface area contributed by atoms with E-state index in [2.05, 4.69) is 16.8 Å². The summed E-state index contributed by atoms with van der Waals surface area (Å²) in [5.41, 5.74) is 3.23. The van der Waals surface area contributed by atoms with Gasteiger partial charge in [0.25, 0.3) is 0 Å². The SMILES string of the molecule is C=C(/C=C(\C=C/C)S(C)(=O)=O)c1cc(N2CCCCC2)cc(Nc2ccccc2)n1. The lowest BCUT2D eigenvalue weighted by Crippen LogP contribution is -2.29. The maximum atomic E-state index is 12.1. The lowest BCUT2D eigenvalue weighted by atomic mass is 10.1. The number of hydrogen-bond donors (Lipinski definition) is 1. The van der Waals surface area contributed by atoms with Gasteiger partial charge in [0.1, 0.15) is 5.82 Å². The normalized spacial score (nSPS) is 15.4. The zero-order valence-electron chi connectivity index (χ0n) is 17.6. The first-order chi connectivity index (χ1) is 14.4. The zero-order valence-corrected chi connectivity index (χ0v) is 18.5. The van der Waals surface area contributed by atoms with Gasteiger partial charge in [-0.2, -0.15) is 0 Å². The number of benzene rings is 1. The summed E-state index contributed by atoms with van der Waals surface area (Å²) in [5, 5.41) is 3.36. The van der Waals surface area contributed by atoms with Gasteiger partial charge in [0.15, 0.2) is 9.84 Å². The Balaban J connectivity index is 2.01. The van der Waals surface area contributed by atoms with Gasteiger partial charge in [-0.05, 0) is 62.1 Å². The Labute approximate surface area is 179 Å². The molecule has 30 heavy (non-hydrogen) atoms. The first-order valence-corrected chi connectivity index (χ1v) is 12.1. The van der Waals surface area contributed by atoms with Crippen molar-refractivity contribution in [3.63, 3.8) is 0 Å². The van der Waals surface area contributed by atoms with Crippen LogP contribution in [0.25, 0.3) is 5.57 Å². The number of nitrogens with zero attached hydrogens (tertiary/aromatic N) is 2. The molecule has 0 spiro atoms. The van der Waals surface area contributed by atoms with Crippen LogP contribution in [-0.4, -0.2) is 32.7 Å². The summed E-state index contributed by atoms with van der Waals surface area (Å²) >= 11 is 0. The van der Waals surface area contributed by atoms with Gasteiger partial charge in [0.05, 0.1) is 10.6 Å². The zero-order chi connectivity index (χ0) is 21.6. The number of sulfone groups is 1. The van der Waals surface area contributed by atoms with E-state index >= 15 is 0 Å². The Hall–Kier alpha value is -2.86. The van der Waals surface area contributed by atoms with Crippen molar-refractivity contribution in [1.29, 1.82) is 0 Å². The molecule has 0 amide bonds. The first kappa shape index (κ1) is 21.8. The summed E-state index contributed by atoms with van der Waals surface area (Å²) in [5.74, 6) is 0.709. The van der Waals surface area contributed by atoms with Crippen LogP contribution in [0.2, 0.25) is 0 Å². The van der Waals surface area contributed by atoms with Crippen LogP contribution in [0.3, 0.4) is 0 Å². The molecule has 0 unspecified atom stereocenters. The number of aromatic nitrogens is 1. The fraction of sp³-hybridized carbons (Fsp3) is 0.292. The van der Waals surface area contributed by atoms with Crippen molar-refractivity contribution < 1.29 is 8.42 Å². The fourth-order valence-electron chi connectivity index (χ4n) is 3.44. The third-order valence-corrected chi connectivity index (χ3v) is 6.09. The number of allylic oxidation sites excluding steroid dienone is 4. The summed E-state index contributed by atoms with van der Waals surface area (Å²) in [6, 6.07) is 13.9. The van der Waals surface area contributed by atoms with Gasteiger partial charge in [0, 0.05) is 36.8 Å². The molecule has 1 aromatic heterocycles. The summed E-state index contributed by atoms with van der Waals surface area (Å²) in [6.07, 6.45) is 9.66. The third-order valence-electron chi connectivity index (χ3n) is 4.98. The Morgan fingerprint density at radius 1 is 1.13 bits per heavy atom. The third kappa shape index (κ3) is 5.83. The van der Waals surface area contributed by atoms with Crippen molar-refractivity contribution in [1.82, 2.24) is 4.98 Å². The largest absolute Gasteiger partial charge is 0.371 e. The highest BCUT2D eigenvalue weighted by Gasteiger charge is 2.15. The number of piperidine rings is 1. The minimum Gasteiger partial charge on any atom is -0.371 e. The second-order valence-corrected chi connectivity index (χ2v) is 9.49. The van der Waals surface area contributed by atoms with Crippen molar-refractivity contribution >= 4 is 32.6 Å². The highest BCUT2D eigenvalue weighted by Crippen LogP contribution is 2.28. The molecule has 1 saturated heterocycles. The molecule has 1 N–H and O–H groups in total. The van der Waals surface area contributed by atoms with Crippen molar-refractivity contribution in [2.45, 2.75) is 26.2 Å². The van der Waals surface area contributed by atoms with Crippen molar-refractivity contribution in [2.24, 2.45) is 0 Å². The molecule has 0 saturated carbocycles. The number of anilines is 3. The number of para-hydroxylation sites is 1. The molecular formula is C24H29N3O2S. The molecule has 1 fully saturated rings. The van der Waals surface area contributed by atoms with Gasteiger partial charge < -0.3 is 10.2 Å². The van der Waals surface area contributed by atoms with Crippen molar-refractivity contribution in [2.75, 3.05) is 29.6 Å². The Morgan fingerprint density at radius 3 is 2.47 bits per heavy atom. The Morgan fingerprint density at radius 2 is 1.83 bits per heavy atom.